The molecule has 0 spiro atoms. The summed E-state index contributed by atoms with van der Waals surface area (Å²) in [5, 5.41) is 4.78. The van der Waals surface area contributed by atoms with E-state index in [1.165, 1.54) is 12.1 Å². The zero-order valence-corrected chi connectivity index (χ0v) is 15.5. The molecule has 4 N–H and O–H groups in total. The van der Waals surface area contributed by atoms with Gasteiger partial charge in [0, 0.05) is 0 Å². The smallest absolute Gasteiger partial charge is 0.422 e. The van der Waals surface area contributed by atoms with E-state index in [0.29, 0.717) is 5.56 Å². The number of hydrogen-bond acceptors (Lipinski definition) is 4. The molecule has 0 radical (unpaired) electrons. The number of nitrogens with one attached hydrogen (secondary N) is 2. The number of ether oxygens (including phenoxy) is 1. The van der Waals surface area contributed by atoms with Gasteiger partial charge in [-0.2, -0.15) is 13.2 Å². The highest BCUT2D eigenvalue weighted by Gasteiger charge is 2.29. The number of carbonyl (C=O) groups is 2. The first-order valence-electron chi connectivity index (χ1n) is 7.63. The maximum Gasteiger partial charge on any atom is 0.422 e. The molecule has 0 saturated carbocycles. The van der Waals surface area contributed by atoms with Gasteiger partial charge >= 0.3 is 6.18 Å². The summed E-state index contributed by atoms with van der Waals surface area (Å²) in [4.78, 5) is 23.6. The molecule has 1 aromatic carbocycles. The number of amides is 2. The lowest BCUT2D eigenvalue weighted by Crippen LogP contribution is -2.46. The summed E-state index contributed by atoms with van der Waals surface area (Å²) in [6.07, 6.45) is -4.49. The molecule has 1 rings (SSSR count). The Morgan fingerprint density at radius 1 is 1.27 bits per heavy atom. The minimum atomic E-state index is -4.49. The Labute approximate surface area is 156 Å². The summed E-state index contributed by atoms with van der Waals surface area (Å²) in [6, 6.07) is 3.68. The molecule has 1 atom stereocenters. The highest BCUT2D eigenvalue weighted by atomic mass is 35.5. The maximum absolute atomic E-state index is 12.3. The van der Waals surface area contributed by atoms with Crippen molar-refractivity contribution in [1.29, 1.82) is 0 Å². The Morgan fingerprint density at radius 2 is 1.88 bits per heavy atom. The molecule has 0 fully saturated rings. The topological polar surface area (TPSA) is 93.5 Å². The van der Waals surface area contributed by atoms with Crippen molar-refractivity contribution in [2.45, 2.75) is 33.0 Å². The summed E-state index contributed by atoms with van der Waals surface area (Å²) >= 11 is 0. The number of aryl methyl sites for hydroxylation is 1. The van der Waals surface area contributed by atoms with Gasteiger partial charge < -0.3 is 21.1 Å². The largest absolute Gasteiger partial charge is 0.482 e. The predicted octanol–water partition coefficient (Wildman–Crippen LogP) is 2.40. The van der Waals surface area contributed by atoms with E-state index in [1.807, 2.05) is 0 Å². The van der Waals surface area contributed by atoms with Crippen molar-refractivity contribution in [3.8, 4) is 5.75 Å². The second-order valence-electron chi connectivity index (χ2n) is 5.94. The molecule has 0 aliphatic heterocycles. The standard InChI is InChI=1S/C16H22F3N3O3.ClH/c1-9(2)14(20)15(24)21-7-13(23)22-11-5-4-10(3)6-12(11)25-8-16(17,18)19;/h4-6,9,14H,7-8,20H2,1-3H3,(H,21,24)(H,22,23);1H/t14-;/m0./s1. The summed E-state index contributed by atoms with van der Waals surface area (Å²) in [5.41, 5.74) is 6.41. The van der Waals surface area contributed by atoms with Crippen molar-refractivity contribution in [1.82, 2.24) is 5.32 Å². The molecule has 0 aromatic heterocycles. The van der Waals surface area contributed by atoms with Crippen molar-refractivity contribution in [3.63, 3.8) is 0 Å². The van der Waals surface area contributed by atoms with Crippen LogP contribution in [0.15, 0.2) is 18.2 Å². The summed E-state index contributed by atoms with van der Waals surface area (Å²) < 4.78 is 41.7. The molecule has 148 valence electrons. The van der Waals surface area contributed by atoms with Crippen LogP contribution in [-0.4, -0.2) is 37.2 Å². The number of carbonyl (C=O) groups excluding carboxylic acids is 2. The Hall–Kier alpha value is -2.00. The quantitative estimate of drug-likeness (QED) is 0.658. The second-order valence-corrected chi connectivity index (χ2v) is 5.94. The minimum absolute atomic E-state index is 0. The molecule has 10 heteroatoms. The van der Waals surface area contributed by atoms with E-state index in [2.05, 4.69) is 10.6 Å². The average Bonchev–Trinajstić information content (AvgIpc) is 2.51. The molecular formula is C16H23ClF3N3O3. The lowest BCUT2D eigenvalue weighted by Gasteiger charge is -2.16. The van der Waals surface area contributed by atoms with Crippen LogP contribution >= 0.6 is 12.4 Å². The number of hydrogen-bond donors (Lipinski definition) is 3. The van der Waals surface area contributed by atoms with Crippen LogP contribution in [0.25, 0.3) is 0 Å². The molecule has 0 saturated heterocycles. The summed E-state index contributed by atoms with van der Waals surface area (Å²) in [5.74, 6) is -1.29. The molecule has 26 heavy (non-hydrogen) atoms. The van der Waals surface area contributed by atoms with Gasteiger partial charge in [0.2, 0.25) is 11.8 Å². The van der Waals surface area contributed by atoms with Crippen LogP contribution in [0.4, 0.5) is 18.9 Å². The number of alkyl halides is 3. The zero-order valence-electron chi connectivity index (χ0n) is 14.6. The molecule has 0 bridgehead atoms. The van der Waals surface area contributed by atoms with Gasteiger partial charge in [-0.1, -0.05) is 19.9 Å². The Morgan fingerprint density at radius 3 is 2.42 bits per heavy atom. The maximum atomic E-state index is 12.3. The van der Waals surface area contributed by atoms with Gasteiger partial charge in [-0.05, 0) is 30.5 Å². The van der Waals surface area contributed by atoms with Gasteiger partial charge in [0.05, 0.1) is 18.3 Å². The molecule has 0 aliphatic rings. The van der Waals surface area contributed by atoms with Crippen LogP contribution in [0.1, 0.15) is 19.4 Å². The molecule has 0 aliphatic carbocycles. The third-order valence-electron chi connectivity index (χ3n) is 3.25. The van der Waals surface area contributed by atoms with Crippen LogP contribution in [0, 0.1) is 12.8 Å². The van der Waals surface area contributed by atoms with E-state index < -0.39 is 30.6 Å². The number of rotatable bonds is 7. The monoisotopic (exact) mass is 397 g/mol. The summed E-state index contributed by atoms with van der Waals surface area (Å²) in [7, 11) is 0. The average molecular weight is 398 g/mol. The van der Waals surface area contributed by atoms with Gasteiger partial charge in [-0.3, -0.25) is 9.59 Å². The van der Waals surface area contributed by atoms with Crippen molar-refractivity contribution in [2.24, 2.45) is 11.7 Å². The molecule has 2 amide bonds. The predicted molar refractivity (Wildman–Crippen MR) is 94.4 cm³/mol. The molecule has 1 aromatic rings. The van der Waals surface area contributed by atoms with Crippen LogP contribution in [0.3, 0.4) is 0 Å². The van der Waals surface area contributed by atoms with Crippen LogP contribution in [-0.2, 0) is 9.59 Å². The van der Waals surface area contributed by atoms with Gasteiger partial charge in [-0.25, -0.2) is 0 Å². The van der Waals surface area contributed by atoms with Crippen molar-refractivity contribution in [2.75, 3.05) is 18.5 Å². The number of anilines is 1. The number of benzene rings is 1. The van der Waals surface area contributed by atoms with E-state index in [9.17, 15) is 22.8 Å². The Kier molecular flexibility index (Phi) is 9.44. The lowest BCUT2D eigenvalue weighted by molar-refractivity contribution is -0.153. The normalized spacial score (nSPS) is 12.2. The highest BCUT2D eigenvalue weighted by molar-refractivity contribution is 5.96. The third-order valence-corrected chi connectivity index (χ3v) is 3.25. The summed E-state index contributed by atoms with van der Waals surface area (Å²) in [6.45, 7) is 3.38. The second kappa shape index (κ2) is 10.2. The molecule has 0 unspecified atom stereocenters. The first-order chi connectivity index (χ1) is 11.5. The Balaban J connectivity index is 0.00000625. The van der Waals surface area contributed by atoms with E-state index >= 15 is 0 Å². The van der Waals surface area contributed by atoms with Crippen LogP contribution < -0.4 is 21.1 Å². The fourth-order valence-electron chi connectivity index (χ4n) is 1.79. The van der Waals surface area contributed by atoms with Gasteiger partial charge in [0.15, 0.2) is 6.61 Å². The van der Waals surface area contributed by atoms with Gasteiger partial charge in [0.25, 0.3) is 0 Å². The van der Waals surface area contributed by atoms with Gasteiger partial charge in [0.1, 0.15) is 5.75 Å². The fourth-order valence-corrected chi connectivity index (χ4v) is 1.79. The van der Waals surface area contributed by atoms with Gasteiger partial charge in [-0.15, -0.1) is 12.4 Å². The highest BCUT2D eigenvalue weighted by Crippen LogP contribution is 2.27. The first-order valence-corrected chi connectivity index (χ1v) is 7.63. The lowest BCUT2D eigenvalue weighted by atomic mass is 10.1. The number of halogens is 4. The number of nitrogens with two attached hydrogens (primary N) is 1. The van der Waals surface area contributed by atoms with E-state index in [-0.39, 0.29) is 36.3 Å². The van der Waals surface area contributed by atoms with Crippen molar-refractivity contribution < 1.29 is 27.5 Å². The Bertz CT molecular complexity index is 624. The SMILES string of the molecule is Cc1ccc(NC(=O)CNC(=O)[C@@H](N)C(C)C)c(OCC(F)(F)F)c1.Cl. The molecule has 0 heterocycles. The van der Waals surface area contributed by atoms with E-state index in [4.69, 9.17) is 10.5 Å². The first kappa shape index (κ1) is 24.0. The van der Waals surface area contributed by atoms with E-state index in [0.717, 1.165) is 0 Å². The third kappa shape index (κ3) is 8.39. The van der Waals surface area contributed by atoms with Crippen LogP contribution in [0.5, 0.6) is 5.75 Å². The van der Waals surface area contributed by atoms with E-state index in [1.54, 1.807) is 26.8 Å². The zero-order chi connectivity index (χ0) is 19.2. The van der Waals surface area contributed by atoms with Crippen LogP contribution in [0.2, 0.25) is 0 Å². The van der Waals surface area contributed by atoms with Crippen molar-refractivity contribution >= 4 is 29.9 Å². The van der Waals surface area contributed by atoms with Crippen molar-refractivity contribution in [3.05, 3.63) is 23.8 Å². The molecule has 6 nitrogen and oxygen atoms in total. The minimum Gasteiger partial charge on any atom is -0.482 e. The molecular weight excluding hydrogens is 375 g/mol. The fraction of sp³-hybridized carbons (Fsp3) is 0.500.